The third-order valence-electron chi connectivity index (χ3n) is 1.76. The van der Waals surface area contributed by atoms with Crippen molar-refractivity contribution in [3.63, 3.8) is 0 Å². The number of rotatable bonds is 4. The highest BCUT2D eigenvalue weighted by molar-refractivity contribution is 9.10. The molecule has 3 heteroatoms. The van der Waals surface area contributed by atoms with Crippen molar-refractivity contribution in [1.82, 2.24) is 0 Å². The van der Waals surface area contributed by atoms with Crippen LogP contribution in [0.1, 0.15) is 33.6 Å². The fourth-order valence-electron chi connectivity index (χ4n) is 0.799. The van der Waals surface area contributed by atoms with Crippen molar-refractivity contribution in [2.45, 2.75) is 37.9 Å². The van der Waals surface area contributed by atoms with Crippen molar-refractivity contribution in [3.8, 4) is 0 Å². The minimum Gasteiger partial charge on any atom is -0.465 e. The molecule has 0 aromatic heterocycles. The van der Waals surface area contributed by atoms with Crippen molar-refractivity contribution < 1.29 is 9.53 Å². The summed E-state index contributed by atoms with van der Waals surface area (Å²) in [6.07, 6.45) is 1.53. The van der Waals surface area contributed by atoms with Crippen LogP contribution in [-0.4, -0.2) is 16.9 Å². The van der Waals surface area contributed by atoms with E-state index in [1.54, 1.807) is 0 Å². The Morgan fingerprint density at radius 3 is 2.09 bits per heavy atom. The van der Waals surface area contributed by atoms with Gasteiger partial charge in [0.05, 0.1) is 6.61 Å². The van der Waals surface area contributed by atoms with Gasteiger partial charge in [-0.2, -0.15) is 0 Å². The van der Waals surface area contributed by atoms with Gasteiger partial charge in [0.1, 0.15) is 4.32 Å². The number of carbonyl (C=O) groups excluding carboxylic acids is 1. The summed E-state index contributed by atoms with van der Waals surface area (Å²) in [6, 6.07) is 0. The van der Waals surface area contributed by atoms with Gasteiger partial charge in [0.15, 0.2) is 0 Å². The summed E-state index contributed by atoms with van der Waals surface area (Å²) < 4.78 is 4.45. The monoisotopic (exact) mass is 222 g/mol. The van der Waals surface area contributed by atoms with Crippen LogP contribution in [0, 0.1) is 0 Å². The molecule has 0 N–H and O–H groups in total. The molecule has 0 fully saturated rings. The molecule has 0 aliphatic rings. The fraction of sp³-hybridized carbons (Fsp3) is 0.875. The lowest BCUT2D eigenvalue weighted by atomic mass is 10.0. The molecular formula is C8H15BrO2. The molecule has 0 spiro atoms. The second-order valence-electron chi connectivity index (χ2n) is 2.39. The predicted octanol–water partition coefficient (Wildman–Crippen LogP) is 2.50. The van der Waals surface area contributed by atoms with Crippen molar-refractivity contribution >= 4 is 21.9 Å². The summed E-state index contributed by atoms with van der Waals surface area (Å²) in [6.45, 7) is 6.20. The van der Waals surface area contributed by atoms with Crippen LogP contribution in [0.3, 0.4) is 0 Å². The van der Waals surface area contributed by atoms with Crippen LogP contribution in [0.4, 0.5) is 0 Å². The van der Waals surface area contributed by atoms with Crippen LogP contribution in [-0.2, 0) is 9.53 Å². The lowest BCUT2D eigenvalue weighted by Gasteiger charge is -2.21. The molecule has 0 aromatic carbocycles. The number of hydrogen-bond acceptors (Lipinski definition) is 2. The molecule has 0 rings (SSSR count). The van der Waals surface area contributed by atoms with Gasteiger partial charge in [-0.05, 0) is 19.8 Å². The molecule has 0 aliphatic heterocycles. The number of alkyl halides is 1. The molecular weight excluding hydrogens is 208 g/mol. The van der Waals surface area contributed by atoms with Gasteiger partial charge in [-0.3, -0.25) is 4.79 Å². The zero-order valence-corrected chi connectivity index (χ0v) is 8.90. The lowest BCUT2D eigenvalue weighted by molar-refractivity contribution is -0.146. The SMILES string of the molecule is CCOC(=O)C(Br)(CC)CC. The number of carbonyl (C=O) groups is 1. The first-order valence-corrected chi connectivity index (χ1v) is 4.76. The Hall–Kier alpha value is -0.0500. The molecule has 0 aliphatic carbocycles. The maximum absolute atomic E-state index is 11.3. The van der Waals surface area contributed by atoms with Crippen LogP contribution in [0.5, 0.6) is 0 Å². The lowest BCUT2D eigenvalue weighted by Crippen LogP contribution is -2.32. The average Bonchev–Trinajstić information content (AvgIpc) is 2.03. The van der Waals surface area contributed by atoms with E-state index in [1.165, 1.54) is 0 Å². The molecule has 0 saturated heterocycles. The van der Waals surface area contributed by atoms with Gasteiger partial charge in [-0.1, -0.05) is 29.8 Å². The van der Waals surface area contributed by atoms with Gasteiger partial charge in [0.25, 0.3) is 0 Å². The quantitative estimate of drug-likeness (QED) is 0.540. The van der Waals surface area contributed by atoms with E-state index in [1.807, 2.05) is 20.8 Å². The summed E-state index contributed by atoms with van der Waals surface area (Å²) in [5.74, 6) is -0.148. The van der Waals surface area contributed by atoms with Crippen molar-refractivity contribution in [1.29, 1.82) is 0 Å². The highest BCUT2D eigenvalue weighted by atomic mass is 79.9. The third-order valence-corrected chi connectivity index (χ3v) is 3.21. The number of halogens is 1. The standard InChI is InChI=1S/C8H15BrO2/c1-4-8(9,5-2)7(10)11-6-3/h4-6H2,1-3H3. The maximum Gasteiger partial charge on any atom is 0.322 e. The smallest absolute Gasteiger partial charge is 0.322 e. The van der Waals surface area contributed by atoms with Crippen LogP contribution >= 0.6 is 15.9 Å². The van der Waals surface area contributed by atoms with Crippen molar-refractivity contribution in [2.24, 2.45) is 0 Å². The normalized spacial score (nSPS) is 11.3. The molecule has 0 saturated carbocycles. The summed E-state index contributed by atoms with van der Waals surface area (Å²) >= 11 is 3.38. The largest absolute Gasteiger partial charge is 0.465 e. The number of ether oxygens (including phenoxy) is 1. The second kappa shape index (κ2) is 4.75. The Morgan fingerprint density at radius 2 is 1.82 bits per heavy atom. The Balaban J connectivity index is 4.12. The first-order valence-electron chi connectivity index (χ1n) is 3.96. The van der Waals surface area contributed by atoms with Gasteiger partial charge >= 0.3 is 5.97 Å². The molecule has 0 unspecified atom stereocenters. The van der Waals surface area contributed by atoms with Gasteiger partial charge in [0.2, 0.25) is 0 Å². The Bertz CT molecular complexity index is 130. The maximum atomic E-state index is 11.3. The summed E-state index contributed by atoms with van der Waals surface area (Å²) in [4.78, 5) is 11.3. The minimum absolute atomic E-state index is 0.148. The Labute approximate surface area is 76.4 Å². The molecule has 0 radical (unpaired) electrons. The highest BCUT2D eigenvalue weighted by Gasteiger charge is 2.32. The first kappa shape index (κ1) is 11.0. The first-order chi connectivity index (χ1) is 5.10. The van der Waals surface area contributed by atoms with Gasteiger partial charge in [0, 0.05) is 0 Å². The highest BCUT2D eigenvalue weighted by Crippen LogP contribution is 2.27. The van der Waals surface area contributed by atoms with Crippen molar-refractivity contribution in [3.05, 3.63) is 0 Å². The Kier molecular flexibility index (Phi) is 4.73. The zero-order valence-electron chi connectivity index (χ0n) is 7.32. The molecule has 2 nitrogen and oxygen atoms in total. The van der Waals surface area contributed by atoms with Crippen LogP contribution < -0.4 is 0 Å². The van der Waals surface area contributed by atoms with E-state index in [2.05, 4.69) is 15.9 Å². The van der Waals surface area contributed by atoms with Crippen molar-refractivity contribution in [2.75, 3.05) is 6.61 Å². The molecule has 0 aromatic rings. The van der Waals surface area contributed by atoms with E-state index >= 15 is 0 Å². The van der Waals surface area contributed by atoms with E-state index in [0.717, 1.165) is 12.8 Å². The van der Waals surface area contributed by atoms with E-state index in [-0.39, 0.29) is 5.97 Å². The molecule has 0 bridgehead atoms. The number of esters is 1. The van der Waals surface area contributed by atoms with Crippen LogP contribution in [0.15, 0.2) is 0 Å². The van der Waals surface area contributed by atoms with Gasteiger partial charge < -0.3 is 4.74 Å². The Morgan fingerprint density at radius 1 is 1.36 bits per heavy atom. The third kappa shape index (κ3) is 2.81. The van der Waals surface area contributed by atoms with Crippen LogP contribution in [0.2, 0.25) is 0 Å². The van der Waals surface area contributed by atoms with Crippen LogP contribution in [0.25, 0.3) is 0 Å². The molecule has 66 valence electrons. The second-order valence-corrected chi connectivity index (χ2v) is 3.91. The van der Waals surface area contributed by atoms with E-state index < -0.39 is 4.32 Å². The molecule has 11 heavy (non-hydrogen) atoms. The predicted molar refractivity (Wildman–Crippen MR) is 48.9 cm³/mol. The van der Waals surface area contributed by atoms with E-state index in [4.69, 9.17) is 4.74 Å². The minimum atomic E-state index is -0.455. The molecule has 0 atom stereocenters. The summed E-state index contributed by atoms with van der Waals surface area (Å²) in [7, 11) is 0. The summed E-state index contributed by atoms with van der Waals surface area (Å²) in [5, 5.41) is 0. The zero-order chi connectivity index (χ0) is 8.91. The fourth-order valence-corrected chi connectivity index (χ4v) is 0.914. The van der Waals surface area contributed by atoms with Gasteiger partial charge in [-0.25, -0.2) is 0 Å². The molecule has 0 heterocycles. The topological polar surface area (TPSA) is 26.3 Å². The summed E-state index contributed by atoms with van der Waals surface area (Å²) in [5.41, 5.74) is 0. The van der Waals surface area contributed by atoms with Gasteiger partial charge in [-0.15, -0.1) is 0 Å². The molecule has 0 amide bonds. The average molecular weight is 223 g/mol. The van der Waals surface area contributed by atoms with E-state index in [9.17, 15) is 4.79 Å². The number of hydrogen-bond donors (Lipinski definition) is 0. The van der Waals surface area contributed by atoms with E-state index in [0.29, 0.717) is 6.61 Å².